The van der Waals surface area contributed by atoms with Crippen LogP contribution >= 0.6 is 22.7 Å². The first kappa shape index (κ1) is 16.2. The highest BCUT2D eigenvalue weighted by molar-refractivity contribution is 7.93. The van der Waals surface area contributed by atoms with E-state index >= 15 is 0 Å². The van der Waals surface area contributed by atoms with Crippen molar-refractivity contribution in [3.8, 4) is 10.7 Å². The quantitative estimate of drug-likeness (QED) is 0.455. The largest absolute Gasteiger partial charge is 0.611 e. The number of aromatic nitrogens is 5. The lowest BCUT2D eigenvalue weighted by Gasteiger charge is -2.08. The number of nitrogens with zero attached hydrogens (tertiary/aromatic N) is 4. The van der Waals surface area contributed by atoms with E-state index in [9.17, 15) is 4.55 Å². The number of H-pyrrole nitrogens is 1. The van der Waals surface area contributed by atoms with Gasteiger partial charge < -0.3 is 9.29 Å². The molecule has 0 aromatic carbocycles. The normalized spacial score (nSPS) is 13.3. The first-order chi connectivity index (χ1) is 12.8. The molecular weight excluding hydrogens is 390 g/mol. The second kappa shape index (κ2) is 6.32. The van der Waals surface area contributed by atoms with Crippen LogP contribution in [0, 0.1) is 0 Å². The number of fused-ring (bicyclic) bond motifs is 2. The zero-order chi connectivity index (χ0) is 17.7. The second-order valence-corrected chi connectivity index (χ2v) is 9.30. The van der Waals surface area contributed by atoms with E-state index in [4.69, 9.17) is 9.72 Å². The van der Waals surface area contributed by atoms with Crippen LogP contribution in [0.15, 0.2) is 34.4 Å². The van der Waals surface area contributed by atoms with Crippen molar-refractivity contribution in [1.29, 1.82) is 0 Å². The van der Waals surface area contributed by atoms with Crippen LogP contribution in [0.1, 0.15) is 0 Å². The number of pyridine rings is 1. The molecule has 0 saturated heterocycles. The molecule has 1 atom stereocenters. The van der Waals surface area contributed by atoms with Gasteiger partial charge in [-0.15, -0.1) is 11.3 Å². The van der Waals surface area contributed by atoms with Gasteiger partial charge >= 0.3 is 0 Å². The number of nitrogens with one attached hydrogen (secondary N) is 1. The lowest BCUT2D eigenvalue weighted by Crippen LogP contribution is -2.11. The summed E-state index contributed by atoms with van der Waals surface area (Å²) in [6, 6.07) is 2.04. The second-order valence-electron chi connectivity index (χ2n) is 5.64. The van der Waals surface area contributed by atoms with Crippen molar-refractivity contribution in [1.82, 2.24) is 24.6 Å². The number of thiophene rings is 1. The van der Waals surface area contributed by atoms with Crippen molar-refractivity contribution < 1.29 is 9.29 Å². The van der Waals surface area contributed by atoms with Crippen LogP contribution in [0.25, 0.3) is 37.3 Å². The van der Waals surface area contributed by atoms with Crippen molar-refractivity contribution in [2.45, 2.75) is 4.21 Å². The van der Waals surface area contributed by atoms with Crippen LogP contribution in [-0.4, -0.2) is 48.6 Å². The van der Waals surface area contributed by atoms with Crippen LogP contribution < -0.4 is 0 Å². The predicted molar refractivity (Wildman–Crippen MR) is 104 cm³/mol. The van der Waals surface area contributed by atoms with Crippen molar-refractivity contribution in [3.05, 3.63) is 30.2 Å². The Hall–Kier alpha value is -1.98. The van der Waals surface area contributed by atoms with E-state index in [-0.39, 0.29) is 0 Å². The highest BCUT2D eigenvalue weighted by Gasteiger charge is 2.25. The molecule has 0 aliphatic heterocycles. The highest BCUT2D eigenvalue weighted by atomic mass is 32.2. The molecule has 7 nitrogen and oxygen atoms in total. The zero-order valence-electron chi connectivity index (χ0n) is 13.6. The van der Waals surface area contributed by atoms with Gasteiger partial charge in [0.1, 0.15) is 33.1 Å². The van der Waals surface area contributed by atoms with E-state index in [2.05, 4.69) is 15.1 Å². The molecule has 26 heavy (non-hydrogen) atoms. The molecule has 0 aliphatic rings. The number of rotatable bonds is 5. The zero-order valence-corrected chi connectivity index (χ0v) is 16.1. The monoisotopic (exact) mass is 403 g/mol. The van der Waals surface area contributed by atoms with Crippen molar-refractivity contribution >= 4 is 60.5 Å². The van der Waals surface area contributed by atoms with E-state index in [1.54, 1.807) is 31.0 Å². The summed E-state index contributed by atoms with van der Waals surface area (Å²) in [7, 11) is 1.61. The van der Waals surface area contributed by atoms with Gasteiger partial charge in [-0.3, -0.25) is 5.10 Å². The van der Waals surface area contributed by atoms with Crippen LogP contribution in [-0.2, 0) is 15.9 Å². The molecule has 0 aliphatic carbocycles. The summed E-state index contributed by atoms with van der Waals surface area (Å²) in [5.74, 6) is 0.448. The molecular formula is C16H13N5O2S3. The SMILES string of the molecule is COCC[S+]([O-])c1sc2nc(-c3nccs3)cc3c2c1[nH]n1cncc31. The third-order valence-corrected chi connectivity index (χ3v) is 7.74. The van der Waals surface area contributed by atoms with E-state index in [1.165, 1.54) is 11.3 Å². The van der Waals surface area contributed by atoms with Crippen LogP contribution in [0.4, 0.5) is 0 Å². The Morgan fingerprint density at radius 3 is 3.15 bits per heavy atom. The number of imidazole rings is 1. The van der Waals surface area contributed by atoms with Crippen molar-refractivity contribution in [2.75, 3.05) is 19.5 Å². The van der Waals surface area contributed by atoms with Gasteiger partial charge in [0.25, 0.3) is 0 Å². The maximum absolute atomic E-state index is 12.8. The minimum absolute atomic E-state index is 0.446. The lowest BCUT2D eigenvalue weighted by atomic mass is 10.1. The average Bonchev–Trinajstić information content (AvgIpc) is 3.39. The molecule has 5 heterocycles. The van der Waals surface area contributed by atoms with Gasteiger partial charge in [-0.25, -0.2) is 19.5 Å². The number of ether oxygens (including phenoxy) is 1. The predicted octanol–water partition coefficient (Wildman–Crippen LogP) is 3.30. The molecule has 1 unspecified atom stereocenters. The first-order valence-corrected chi connectivity index (χ1v) is 10.8. The Labute approximate surface area is 158 Å². The molecule has 0 radical (unpaired) electrons. The standard InChI is InChI=1S/C16H13N5O2S3/c1-23-3-5-26(22)16-13-12-9(11-7-17-8-21(11)20-13)6-10(19-15(12)25-16)14-18-2-4-24-14/h2,4,6-8,20H,3,5H2,1H3. The number of methoxy groups -OCH3 is 1. The fraction of sp³-hybridized carbons (Fsp3) is 0.188. The van der Waals surface area contributed by atoms with E-state index < -0.39 is 11.2 Å². The van der Waals surface area contributed by atoms with Crippen molar-refractivity contribution in [2.24, 2.45) is 0 Å². The Balaban J connectivity index is 1.83. The van der Waals surface area contributed by atoms with Gasteiger partial charge in [-0.1, -0.05) is 11.3 Å². The first-order valence-electron chi connectivity index (χ1n) is 7.80. The Morgan fingerprint density at radius 1 is 1.42 bits per heavy atom. The fourth-order valence-electron chi connectivity index (χ4n) is 2.96. The smallest absolute Gasteiger partial charge is 0.234 e. The van der Waals surface area contributed by atoms with Gasteiger partial charge in [0.15, 0.2) is 0 Å². The molecule has 0 bridgehead atoms. The highest BCUT2D eigenvalue weighted by Crippen LogP contribution is 2.40. The maximum atomic E-state index is 12.8. The van der Waals surface area contributed by atoms with Gasteiger partial charge in [0.05, 0.1) is 23.7 Å². The summed E-state index contributed by atoms with van der Waals surface area (Å²) < 4.78 is 20.5. The molecule has 5 aromatic rings. The minimum atomic E-state index is -1.17. The van der Waals surface area contributed by atoms with Gasteiger partial charge in [-0.2, -0.15) is 0 Å². The summed E-state index contributed by atoms with van der Waals surface area (Å²) in [5.41, 5.74) is 2.62. The van der Waals surface area contributed by atoms with Crippen molar-refractivity contribution in [3.63, 3.8) is 0 Å². The lowest BCUT2D eigenvalue weighted by molar-refractivity contribution is 0.217. The Kier molecular flexibility index (Phi) is 3.94. The molecule has 0 fully saturated rings. The molecule has 0 saturated carbocycles. The number of hydrogen-bond donors (Lipinski definition) is 1. The van der Waals surface area contributed by atoms with E-state index in [1.807, 2.05) is 22.2 Å². The summed E-state index contributed by atoms with van der Waals surface area (Å²) >= 11 is 1.84. The number of hydrogen-bond acceptors (Lipinski definition) is 7. The molecule has 0 amide bonds. The summed E-state index contributed by atoms with van der Waals surface area (Å²) in [4.78, 5) is 14.3. The average molecular weight is 404 g/mol. The molecule has 0 spiro atoms. The van der Waals surface area contributed by atoms with Gasteiger partial charge in [-0.05, 0) is 6.07 Å². The summed E-state index contributed by atoms with van der Waals surface area (Å²) in [5, 5.41) is 8.14. The summed E-state index contributed by atoms with van der Waals surface area (Å²) in [6.07, 6.45) is 5.30. The van der Waals surface area contributed by atoms with Gasteiger partial charge in [0, 0.05) is 35.2 Å². The fourth-order valence-corrected chi connectivity index (χ4v) is 6.18. The number of aromatic amines is 1. The van der Waals surface area contributed by atoms with E-state index in [0.29, 0.717) is 12.4 Å². The van der Waals surface area contributed by atoms with Crippen LogP contribution in [0.3, 0.4) is 0 Å². The molecule has 132 valence electrons. The molecule has 10 heteroatoms. The van der Waals surface area contributed by atoms with E-state index in [0.717, 1.165) is 41.5 Å². The third kappa shape index (κ3) is 2.45. The van der Waals surface area contributed by atoms with Crippen LogP contribution in [0.2, 0.25) is 0 Å². The topological polar surface area (TPSA) is 91.2 Å². The van der Waals surface area contributed by atoms with Crippen LogP contribution in [0.5, 0.6) is 0 Å². The van der Waals surface area contributed by atoms with Gasteiger partial charge in [0.2, 0.25) is 4.21 Å². The minimum Gasteiger partial charge on any atom is -0.611 e. The molecule has 5 rings (SSSR count). The number of thiazole rings is 1. The third-order valence-electron chi connectivity index (χ3n) is 4.11. The Morgan fingerprint density at radius 2 is 2.35 bits per heavy atom. The molecule has 5 aromatic heterocycles. The summed E-state index contributed by atoms with van der Waals surface area (Å²) in [6.45, 7) is 0.446. The maximum Gasteiger partial charge on any atom is 0.234 e. The Bertz CT molecular complexity index is 1210. The molecule has 1 N–H and O–H groups in total.